The van der Waals surface area contributed by atoms with E-state index in [1.165, 1.54) is 4.90 Å². The predicted octanol–water partition coefficient (Wildman–Crippen LogP) is 4.86. The van der Waals surface area contributed by atoms with Crippen LogP contribution in [0.2, 0.25) is 0 Å². The van der Waals surface area contributed by atoms with E-state index in [9.17, 15) is 30.0 Å². The number of hydrogen-bond donors (Lipinski definition) is 4. The number of aromatic nitrogens is 1. The molecule has 44 heavy (non-hydrogen) atoms. The number of pyridine rings is 1. The van der Waals surface area contributed by atoms with Gasteiger partial charge < -0.3 is 20.4 Å². The van der Waals surface area contributed by atoms with Gasteiger partial charge in [-0.15, -0.1) is 0 Å². The molecule has 2 fully saturated rings. The first-order valence-electron chi connectivity index (χ1n) is 15.7. The molecule has 3 aromatic rings. The van der Waals surface area contributed by atoms with Gasteiger partial charge in [0, 0.05) is 23.5 Å². The number of imide groups is 1. The van der Waals surface area contributed by atoms with Crippen LogP contribution in [0.5, 0.6) is 5.75 Å². The monoisotopic (exact) mass is 596 g/mol. The summed E-state index contributed by atoms with van der Waals surface area (Å²) in [7, 11) is 0. The van der Waals surface area contributed by atoms with Crippen molar-refractivity contribution in [3.8, 4) is 5.75 Å². The molecule has 0 unspecified atom stereocenters. The Hall–Kier alpha value is -3.85. The molecule has 0 bridgehead atoms. The van der Waals surface area contributed by atoms with E-state index in [0.29, 0.717) is 17.6 Å². The molecular weight excluding hydrogens is 556 g/mol. The molecule has 8 heteroatoms. The number of aliphatic hydroxyl groups is 3. The number of phenols is 1. The Kier molecular flexibility index (Phi) is 8.93. The highest BCUT2D eigenvalue weighted by molar-refractivity contribution is 6.06. The summed E-state index contributed by atoms with van der Waals surface area (Å²) in [6.07, 6.45) is 8.25. The van der Waals surface area contributed by atoms with Crippen molar-refractivity contribution in [3.63, 3.8) is 0 Å². The first-order valence-corrected chi connectivity index (χ1v) is 15.7. The summed E-state index contributed by atoms with van der Waals surface area (Å²) in [5.41, 5.74) is 3.54. The van der Waals surface area contributed by atoms with E-state index >= 15 is 0 Å². The Morgan fingerprint density at radius 1 is 0.955 bits per heavy atom. The van der Waals surface area contributed by atoms with Gasteiger partial charge in [-0.3, -0.25) is 19.5 Å². The quantitative estimate of drug-likeness (QED) is 0.205. The molecule has 8 nitrogen and oxygen atoms in total. The summed E-state index contributed by atoms with van der Waals surface area (Å²) in [6.45, 7) is -0.740. The molecule has 2 heterocycles. The van der Waals surface area contributed by atoms with Crippen LogP contribution in [0.15, 0.2) is 71.9 Å². The fraction of sp³-hybridized carbons (Fsp3) is 0.417. The molecule has 0 radical (unpaired) electrons. The first kappa shape index (κ1) is 30.2. The van der Waals surface area contributed by atoms with Crippen molar-refractivity contribution in [1.82, 2.24) is 9.88 Å². The first-order chi connectivity index (χ1) is 21.4. The molecule has 230 valence electrons. The number of benzene rings is 2. The molecule has 2 aliphatic carbocycles. The summed E-state index contributed by atoms with van der Waals surface area (Å²) in [6, 6.07) is 16.7. The average Bonchev–Trinajstić information content (AvgIpc) is 3.32. The SMILES string of the molecule is O=C1[C@@H]2[C@@H](CC(CO)=C([C@H](O)CC/C(=C/c3ccc(O)c4ccccc34)c3ccccn3)[C@@H]2CO)C(=O)N1C1CCCCC1. The minimum atomic E-state index is -1.04. The zero-order valence-corrected chi connectivity index (χ0v) is 24.8. The Balaban J connectivity index is 1.29. The third-order valence-corrected chi connectivity index (χ3v) is 9.85. The van der Waals surface area contributed by atoms with Crippen molar-refractivity contribution in [2.45, 2.75) is 63.5 Å². The summed E-state index contributed by atoms with van der Waals surface area (Å²) in [4.78, 5) is 33.3. The van der Waals surface area contributed by atoms with Crippen molar-refractivity contribution in [2.24, 2.45) is 17.8 Å². The van der Waals surface area contributed by atoms with E-state index in [1.807, 2.05) is 54.6 Å². The lowest BCUT2D eigenvalue weighted by Crippen LogP contribution is -2.42. The molecule has 3 aliphatic rings. The van der Waals surface area contributed by atoms with Gasteiger partial charge in [0.25, 0.3) is 0 Å². The van der Waals surface area contributed by atoms with Crippen molar-refractivity contribution >= 4 is 34.2 Å². The van der Waals surface area contributed by atoms with E-state index in [2.05, 4.69) is 4.98 Å². The summed E-state index contributed by atoms with van der Waals surface area (Å²) in [5.74, 6) is -2.34. The highest BCUT2D eigenvalue weighted by atomic mass is 16.3. The van der Waals surface area contributed by atoms with E-state index in [0.717, 1.165) is 59.7 Å². The lowest BCUT2D eigenvalue weighted by atomic mass is 9.68. The number of phenolic OH excluding ortho intramolecular Hbond substituents is 1. The maximum Gasteiger partial charge on any atom is 0.234 e. The number of rotatable bonds is 9. The molecule has 2 amide bonds. The predicted molar refractivity (Wildman–Crippen MR) is 168 cm³/mol. The maximum absolute atomic E-state index is 13.8. The van der Waals surface area contributed by atoms with Gasteiger partial charge in [-0.1, -0.05) is 55.7 Å². The lowest BCUT2D eigenvalue weighted by molar-refractivity contribution is -0.143. The molecule has 1 aliphatic heterocycles. The minimum Gasteiger partial charge on any atom is -0.507 e. The zero-order chi connectivity index (χ0) is 30.8. The fourth-order valence-corrected chi connectivity index (χ4v) is 7.72. The number of hydrogen-bond acceptors (Lipinski definition) is 7. The molecule has 6 rings (SSSR count). The topological polar surface area (TPSA) is 131 Å². The number of nitrogens with zero attached hydrogens (tertiary/aromatic N) is 2. The molecule has 4 atom stereocenters. The van der Waals surface area contributed by atoms with Crippen molar-refractivity contribution in [2.75, 3.05) is 13.2 Å². The van der Waals surface area contributed by atoms with Gasteiger partial charge in [0.05, 0.1) is 36.8 Å². The Morgan fingerprint density at radius 2 is 1.70 bits per heavy atom. The second-order valence-electron chi connectivity index (χ2n) is 12.3. The number of fused-ring (bicyclic) bond motifs is 2. The Morgan fingerprint density at radius 3 is 2.41 bits per heavy atom. The van der Waals surface area contributed by atoms with E-state index < -0.39 is 30.5 Å². The largest absolute Gasteiger partial charge is 0.507 e. The van der Waals surface area contributed by atoms with Crippen LogP contribution in [0.25, 0.3) is 22.4 Å². The smallest absolute Gasteiger partial charge is 0.234 e. The normalized spacial score (nSPS) is 23.8. The Bertz CT molecular complexity index is 1590. The van der Waals surface area contributed by atoms with Crippen molar-refractivity contribution < 1.29 is 30.0 Å². The van der Waals surface area contributed by atoms with Gasteiger partial charge in [-0.05, 0) is 84.0 Å². The van der Waals surface area contributed by atoms with Crippen LogP contribution >= 0.6 is 0 Å². The molecule has 1 saturated carbocycles. The second-order valence-corrected chi connectivity index (χ2v) is 12.3. The highest BCUT2D eigenvalue weighted by Crippen LogP contribution is 2.47. The molecule has 1 aromatic heterocycles. The third kappa shape index (κ3) is 5.58. The summed E-state index contributed by atoms with van der Waals surface area (Å²) < 4.78 is 0. The van der Waals surface area contributed by atoms with Gasteiger partial charge in [-0.25, -0.2) is 0 Å². The number of allylic oxidation sites excluding steroid dienone is 1. The Labute approximate surface area is 257 Å². The van der Waals surface area contributed by atoms with Gasteiger partial charge in [0.2, 0.25) is 11.8 Å². The standard InChI is InChI=1S/C36H40N2O6/c39-20-24-19-28-34(36(44)38(35(28)43)25-8-2-1-3-9-25)29(21-40)33(24)32(42)16-14-23(30-12-6-7-17-37-30)18-22-13-15-31(41)27-11-5-4-10-26(22)27/h4-7,10-13,15,17-18,25,28-29,32,34,39-42H,1-3,8-9,14,16,19-21H2/b23-18-/t28-,29+,32-,34-/m1/s1. The zero-order valence-electron chi connectivity index (χ0n) is 24.8. The van der Waals surface area contributed by atoms with Crippen molar-refractivity contribution in [3.05, 3.63) is 83.2 Å². The summed E-state index contributed by atoms with van der Waals surface area (Å²) >= 11 is 0. The van der Waals surface area contributed by atoms with Gasteiger partial charge in [-0.2, -0.15) is 0 Å². The van der Waals surface area contributed by atoms with Crippen LogP contribution in [0.3, 0.4) is 0 Å². The molecule has 1 saturated heterocycles. The molecular formula is C36H40N2O6. The molecule has 2 aromatic carbocycles. The van der Waals surface area contributed by atoms with Crippen LogP contribution in [0.4, 0.5) is 0 Å². The van der Waals surface area contributed by atoms with Gasteiger partial charge in [0.1, 0.15) is 5.75 Å². The molecule has 4 N–H and O–H groups in total. The number of carbonyl (C=O) groups excluding carboxylic acids is 2. The van der Waals surface area contributed by atoms with Crippen LogP contribution in [0.1, 0.15) is 62.6 Å². The van der Waals surface area contributed by atoms with Gasteiger partial charge in [0.15, 0.2) is 0 Å². The number of aromatic hydroxyl groups is 1. The number of likely N-dealkylation sites (tertiary alicyclic amines) is 1. The second kappa shape index (κ2) is 13.0. The number of carbonyl (C=O) groups is 2. The van der Waals surface area contributed by atoms with Crippen LogP contribution in [-0.2, 0) is 9.59 Å². The average molecular weight is 597 g/mol. The van der Waals surface area contributed by atoms with E-state index in [-0.39, 0.29) is 43.1 Å². The fourth-order valence-electron chi connectivity index (χ4n) is 7.72. The van der Waals surface area contributed by atoms with Crippen LogP contribution in [0, 0.1) is 17.8 Å². The number of amides is 2. The van der Waals surface area contributed by atoms with Gasteiger partial charge >= 0.3 is 0 Å². The molecule has 0 spiro atoms. The maximum atomic E-state index is 13.8. The lowest BCUT2D eigenvalue weighted by Gasteiger charge is -2.36. The van der Waals surface area contributed by atoms with Crippen LogP contribution < -0.4 is 0 Å². The minimum absolute atomic E-state index is 0.110. The van der Waals surface area contributed by atoms with E-state index in [4.69, 9.17) is 0 Å². The van der Waals surface area contributed by atoms with Crippen LogP contribution in [-0.4, -0.2) is 67.5 Å². The highest BCUT2D eigenvalue weighted by Gasteiger charge is 2.56. The van der Waals surface area contributed by atoms with Crippen molar-refractivity contribution in [1.29, 1.82) is 0 Å². The number of aliphatic hydroxyl groups excluding tert-OH is 3. The van der Waals surface area contributed by atoms with E-state index in [1.54, 1.807) is 12.3 Å². The summed E-state index contributed by atoms with van der Waals surface area (Å²) in [5, 5.41) is 44.7. The third-order valence-electron chi connectivity index (χ3n) is 9.85.